The predicted molar refractivity (Wildman–Crippen MR) is 76.2 cm³/mol. The summed E-state index contributed by atoms with van der Waals surface area (Å²) in [6, 6.07) is 12.1. The highest BCUT2D eigenvalue weighted by Gasteiger charge is 2.04. The van der Waals surface area contributed by atoms with Crippen molar-refractivity contribution in [1.82, 2.24) is 0 Å². The zero-order valence-corrected chi connectivity index (χ0v) is 11.2. The third-order valence-electron chi connectivity index (χ3n) is 3.12. The van der Waals surface area contributed by atoms with E-state index < -0.39 is 0 Å². The van der Waals surface area contributed by atoms with Crippen molar-refractivity contribution in [3.63, 3.8) is 0 Å². The molecule has 0 saturated carbocycles. The van der Waals surface area contributed by atoms with Gasteiger partial charge in [-0.1, -0.05) is 19.1 Å². The van der Waals surface area contributed by atoms with Gasteiger partial charge in [0, 0.05) is 5.69 Å². The molecule has 2 nitrogen and oxygen atoms in total. The minimum Gasteiger partial charge on any atom is -0.457 e. The first-order valence-electron chi connectivity index (χ1n) is 6.23. The number of nitrogens with two attached hydrogens (primary N) is 1. The Morgan fingerprint density at radius 1 is 1.00 bits per heavy atom. The summed E-state index contributed by atoms with van der Waals surface area (Å²) in [5.41, 5.74) is 10.1. The number of nitrogen functional groups attached to an aromatic ring is 1. The molecule has 0 spiro atoms. The van der Waals surface area contributed by atoms with Gasteiger partial charge in [-0.25, -0.2) is 0 Å². The quantitative estimate of drug-likeness (QED) is 0.816. The summed E-state index contributed by atoms with van der Waals surface area (Å²) in [5.74, 6) is 1.73. The lowest BCUT2D eigenvalue weighted by Gasteiger charge is -2.11. The fourth-order valence-electron chi connectivity index (χ4n) is 1.84. The zero-order chi connectivity index (χ0) is 13.1. The van der Waals surface area contributed by atoms with E-state index in [1.165, 1.54) is 5.56 Å². The van der Waals surface area contributed by atoms with Crippen LogP contribution in [0.2, 0.25) is 0 Å². The average molecular weight is 241 g/mol. The minimum absolute atomic E-state index is 0.807. The van der Waals surface area contributed by atoms with E-state index in [4.69, 9.17) is 10.5 Å². The first-order valence-corrected chi connectivity index (χ1v) is 6.23. The van der Waals surface area contributed by atoms with Gasteiger partial charge in [0.05, 0.1) is 0 Å². The number of anilines is 1. The fraction of sp³-hybridized carbons (Fsp3) is 0.250. The normalized spacial score (nSPS) is 10.4. The van der Waals surface area contributed by atoms with Crippen molar-refractivity contribution in [3.05, 3.63) is 53.1 Å². The van der Waals surface area contributed by atoms with Crippen LogP contribution in [0.3, 0.4) is 0 Å². The number of benzene rings is 2. The van der Waals surface area contributed by atoms with Crippen molar-refractivity contribution in [3.8, 4) is 11.5 Å². The zero-order valence-electron chi connectivity index (χ0n) is 11.2. The summed E-state index contributed by atoms with van der Waals surface area (Å²) < 4.78 is 5.89. The number of hydrogen-bond donors (Lipinski definition) is 1. The molecule has 0 fully saturated rings. The SMILES string of the molecule is CCc1ccc(Oc2cc(C)c(N)cc2C)cc1. The molecule has 0 unspecified atom stereocenters. The highest BCUT2D eigenvalue weighted by Crippen LogP contribution is 2.29. The molecule has 0 aromatic heterocycles. The standard InChI is InChI=1S/C16H19NO/c1-4-13-5-7-14(8-6-13)18-16-10-11(2)15(17)9-12(16)3/h5-10H,4,17H2,1-3H3. The summed E-state index contributed by atoms with van der Waals surface area (Å²) in [6.07, 6.45) is 1.04. The lowest BCUT2D eigenvalue weighted by Crippen LogP contribution is -1.94. The van der Waals surface area contributed by atoms with Crippen LogP contribution >= 0.6 is 0 Å². The molecule has 0 saturated heterocycles. The molecule has 0 bridgehead atoms. The van der Waals surface area contributed by atoms with Gasteiger partial charge in [0.2, 0.25) is 0 Å². The van der Waals surface area contributed by atoms with Crippen LogP contribution in [0.4, 0.5) is 5.69 Å². The monoisotopic (exact) mass is 241 g/mol. The molecule has 0 heterocycles. The van der Waals surface area contributed by atoms with Crippen molar-refractivity contribution < 1.29 is 4.74 Å². The number of ether oxygens (including phenoxy) is 1. The highest BCUT2D eigenvalue weighted by molar-refractivity contribution is 5.54. The van der Waals surface area contributed by atoms with Crippen LogP contribution in [0.5, 0.6) is 11.5 Å². The molecule has 18 heavy (non-hydrogen) atoms. The van der Waals surface area contributed by atoms with Crippen molar-refractivity contribution in [1.29, 1.82) is 0 Å². The third kappa shape index (κ3) is 2.65. The van der Waals surface area contributed by atoms with Crippen LogP contribution in [-0.2, 0) is 6.42 Å². The maximum atomic E-state index is 5.89. The Bertz CT molecular complexity index is 544. The highest BCUT2D eigenvalue weighted by atomic mass is 16.5. The van der Waals surface area contributed by atoms with Gasteiger partial charge in [-0.05, 0) is 61.2 Å². The Balaban J connectivity index is 2.25. The molecule has 0 aliphatic heterocycles. The van der Waals surface area contributed by atoms with Gasteiger partial charge < -0.3 is 10.5 Å². The second kappa shape index (κ2) is 5.13. The summed E-state index contributed by atoms with van der Waals surface area (Å²) in [7, 11) is 0. The maximum absolute atomic E-state index is 5.89. The predicted octanol–water partition coefficient (Wildman–Crippen LogP) is 4.24. The van der Waals surface area contributed by atoms with E-state index in [0.717, 1.165) is 34.7 Å². The molecule has 2 aromatic carbocycles. The summed E-state index contributed by atoms with van der Waals surface area (Å²) in [5, 5.41) is 0. The maximum Gasteiger partial charge on any atom is 0.130 e. The fourth-order valence-corrected chi connectivity index (χ4v) is 1.84. The summed E-state index contributed by atoms with van der Waals surface area (Å²) in [6.45, 7) is 6.14. The summed E-state index contributed by atoms with van der Waals surface area (Å²) in [4.78, 5) is 0. The van der Waals surface area contributed by atoms with Crippen molar-refractivity contribution >= 4 is 5.69 Å². The van der Waals surface area contributed by atoms with Gasteiger partial charge in [0.1, 0.15) is 11.5 Å². The molecule has 0 atom stereocenters. The lowest BCUT2D eigenvalue weighted by atomic mass is 10.1. The molecule has 0 aliphatic rings. The van der Waals surface area contributed by atoms with Gasteiger partial charge in [-0.3, -0.25) is 0 Å². The Hall–Kier alpha value is -1.96. The van der Waals surface area contributed by atoms with E-state index >= 15 is 0 Å². The van der Waals surface area contributed by atoms with Crippen LogP contribution in [0, 0.1) is 13.8 Å². The average Bonchev–Trinajstić information content (AvgIpc) is 2.37. The number of hydrogen-bond acceptors (Lipinski definition) is 2. The van der Waals surface area contributed by atoms with E-state index in [1.807, 2.05) is 38.1 Å². The van der Waals surface area contributed by atoms with Gasteiger partial charge in [-0.15, -0.1) is 0 Å². The molecular formula is C16H19NO. The second-order valence-electron chi connectivity index (χ2n) is 4.57. The Kier molecular flexibility index (Phi) is 3.56. The number of aryl methyl sites for hydroxylation is 3. The molecule has 0 aliphatic carbocycles. The molecule has 94 valence electrons. The van der Waals surface area contributed by atoms with Gasteiger partial charge in [0.15, 0.2) is 0 Å². The Morgan fingerprint density at radius 2 is 1.67 bits per heavy atom. The van der Waals surface area contributed by atoms with Gasteiger partial charge >= 0.3 is 0 Å². The molecular weight excluding hydrogens is 222 g/mol. The van der Waals surface area contributed by atoms with Gasteiger partial charge in [0.25, 0.3) is 0 Å². The van der Waals surface area contributed by atoms with Crippen molar-refractivity contribution in [2.24, 2.45) is 0 Å². The van der Waals surface area contributed by atoms with E-state index in [9.17, 15) is 0 Å². The second-order valence-corrected chi connectivity index (χ2v) is 4.57. The van der Waals surface area contributed by atoms with Crippen molar-refractivity contribution in [2.75, 3.05) is 5.73 Å². The van der Waals surface area contributed by atoms with E-state index in [0.29, 0.717) is 0 Å². The third-order valence-corrected chi connectivity index (χ3v) is 3.12. The van der Waals surface area contributed by atoms with Crippen LogP contribution in [0.15, 0.2) is 36.4 Å². The molecule has 2 N–H and O–H groups in total. The van der Waals surface area contributed by atoms with E-state index in [2.05, 4.69) is 19.1 Å². The molecule has 0 radical (unpaired) electrons. The van der Waals surface area contributed by atoms with E-state index in [-0.39, 0.29) is 0 Å². The van der Waals surface area contributed by atoms with Crippen LogP contribution in [0.1, 0.15) is 23.6 Å². The Labute approximate surface area is 108 Å². The molecule has 2 rings (SSSR count). The first kappa shape index (κ1) is 12.5. The van der Waals surface area contributed by atoms with E-state index in [1.54, 1.807) is 0 Å². The smallest absolute Gasteiger partial charge is 0.130 e. The first-order chi connectivity index (χ1) is 8.60. The van der Waals surface area contributed by atoms with Crippen LogP contribution in [-0.4, -0.2) is 0 Å². The van der Waals surface area contributed by atoms with Crippen molar-refractivity contribution in [2.45, 2.75) is 27.2 Å². The Morgan fingerprint density at radius 3 is 2.28 bits per heavy atom. The molecule has 0 amide bonds. The van der Waals surface area contributed by atoms with Gasteiger partial charge in [-0.2, -0.15) is 0 Å². The lowest BCUT2D eigenvalue weighted by molar-refractivity contribution is 0.478. The number of rotatable bonds is 3. The van der Waals surface area contributed by atoms with Crippen LogP contribution in [0.25, 0.3) is 0 Å². The minimum atomic E-state index is 0.807. The largest absolute Gasteiger partial charge is 0.457 e. The van der Waals surface area contributed by atoms with Crippen LogP contribution < -0.4 is 10.5 Å². The molecule has 2 heteroatoms. The topological polar surface area (TPSA) is 35.2 Å². The summed E-state index contributed by atoms with van der Waals surface area (Å²) >= 11 is 0. The molecule has 2 aromatic rings.